The van der Waals surface area contributed by atoms with Gasteiger partial charge in [0.25, 0.3) is 0 Å². The van der Waals surface area contributed by atoms with Gasteiger partial charge >= 0.3 is 0 Å². The van der Waals surface area contributed by atoms with Gasteiger partial charge in [0, 0.05) is 13.0 Å². The summed E-state index contributed by atoms with van der Waals surface area (Å²) in [5.74, 6) is 1.29. The minimum atomic E-state index is 0.339. The fourth-order valence-corrected chi connectivity index (χ4v) is 4.40. The van der Waals surface area contributed by atoms with Crippen LogP contribution in [0.15, 0.2) is 0 Å². The Labute approximate surface area is 123 Å². The van der Waals surface area contributed by atoms with Crippen molar-refractivity contribution in [2.45, 2.75) is 82.8 Å². The number of amides is 1. The van der Waals surface area contributed by atoms with Gasteiger partial charge in [0.15, 0.2) is 0 Å². The molecule has 0 aromatic carbocycles. The number of rotatable bonds is 4. The Kier molecular flexibility index (Phi) is 4.98. The van der Waals surface area contributed by atoms with E-state index in [1.165, 1.54) is 44.9 Å². The predicted octanol–water partition coefficient (Wildman–Crippen LogP) is 3.52. The molecule has 114 valence electrons. The Hall–Kier alpha value is -0.570. The molecule has 3 nitrogen and oxygen atoms in total. The molecule has 0 aromatic rings. The number of carbonyl (C=O) groups is 1. The molecule has 0 unspecified atom stereocenters. The lowest BCUT2D eigenvalue weighted by Crippen LogP contribution is -2.51. The first-order chi connectivity index (χ1) is 9.84. The third kappa shape index (κ3) is 3.36. The highest BCUT2D eigenvalue weighted by molar-refractivity contribution is 5.76. The average molecular weight is 279 g/mol. The quantitative estimate of drug-likeness (QED) is 0.788. The monoisotopic (exact) mass is 279 g/mol. The van der Waals surface area contributed by atoms with Crippen LogP contribution in [0.25, 0.3) is 0 Å². The second kappa shape index (κ2) is 6.93. The molecule has 1 saturated heterocycles. The Morgan fingerprint density at radius 2 is 1.90 bits per heavy atom. The van der Waals surface area contributed by atoms with Crippen LogP contribution in [0.3, 0.4) is 0 Å². The summed E-state index contributed by atoms with van der Waals surface area (Å²) in [7, 11) is 0. The molecule has 2 atom stereocenters. The Balaban J connectivity index is 1.41. The Morgan fingerprint density at radius 1 is 1.05 bits per heavy atom. The first-order valence-corrected chi connectivity index (χ1v) is 8.75. The maximum atomic E-state index is 12.5. The maximum absolute atomic E-state index is 12.5. The van der Waals surface area contributed by atoms with Crippen molar-refractivity contribution in [3.8, 4) is 0 Å². The van der Waals surface area contributed by atoms with E-state index < -0.39 is 0 Å². The minimum absolute atomic E-state index is 0.339. The molecule has 0 spiro atoms. The zero-order valence-electron chi connectivity index (χ0n) is 12.7. The molecule has 1 heterocycles. The molecule has 0 N–H and O–H groups in total. The molecule has 2 saturated carbocycles. The first kappa shape index (κ1) is 14.4. The average Bonchev–Trinajstić information content (AvgIpc) is 2.96. The zero-order valence-corrected chi connectivity index (χ0v) is 12.7. The normalized spacial score (nSPS) is 31.3. The second-order valence-corrected chi connectivity index (χ2v) is 6.89. The van der Waals surface area contributed by atoms with Gasteiger partial charge in [-0.3, -0.25) is 4.79 Å². The molecule has 0 aromatic heterocycles. The number of hydrogen-bond acceptors (Lipinski definition) is 2. The molecule has 0 bridgehead atoms. The van der Waals surface area contributed by atoms with Crippen molar-refractivity contribution in [1.29, 1.82) is 0 Å². The fraction of sp³-hybridized carbons (Fsp3) is 0.941. The molecule has 3 heteroatoms. The number of carbonyl (C=O) groups excluding carboxylic acids is 1. The zero-order chi connectivity index (χ0) is 13.8. The van der Waals surface area contributed by atoms with E-state index in [-0.39, 0.29) is 0 Å². The third-order valence-electron chi connectivity index (χ3n) is 5.53. The van der Waals surface area contributed by atoms with Crippen molar-refractivity contribution in [3.63, 3.8) is 0 Å². The highest BCUT2D eigenvalue weighted by Crippen LogP contribution is 2.31. The standard InChI is InChI=1S/C17H29NO2/c19-17(11-4-8-14-6-2-1-3-7-14)18-12-13-20-16-10-5-9-15(16)18/h14-16H,1-13H2/t15-,16-/m0/s1. The Morgan fingerprint density at radius 3 is 2.75 bits per heavy atom. The van der Waals surface area contributed by atoms with Crippen LogP contribution in [0.2, 0.25) is 0 Å². The summed E-state index contributed by atoms with van der Waals surface area (Å²) in [6, 6.07) is 0.394. The molecule has 3 aliphatic rings. The lowest BCUT2D eigenvalue weighted by molar-refractivity contribution is -0.144. The SMILES string of the molecule is O=C(CCCC1CCCCC1)N1CCO[C@H]2CCC[C@@H]21. The summed E-state index contributed by atoms with van der Waals surface area (Å²) >= 11 is 0. The van der Waals surface area contributed by atoms with Gasteiger partial charge in [0.05, 0.1) is 18.8 Å². The van der Waals surface area contributed by atoms with Gasteiger partial charge < -0.3 is 9.64 Å². The molecule has 1 aliphatic heterocycles. The Bertz CT molecular complexity index is 325. The fourth-order valence-electron chi connectivity index (χ4n) is 4.40. The van der Waals surface area contributed by atoms with E-state index in [1.807, 2.05) is 0 Å². The van der Waals surface area contributed by atoms with Gasteiger partial charge in [0.2, 0.25) is 5.91 Å². The van der Waals surface area contributed by atoms with Crippen LogP contribution in [0.1, 0.15) is 70.6 Å². The van der Waals surface area contributed by atoms with E-state index in [2.05, 4.69) is 4.90 Å². The van der Waals surface area contributed by atoms with E-state index in [0.717, 1.165) is 44.8 Å². The van der Waals surface area contributed by atoms with E-state index >= 15 is 0 Å². The first-order valence-electron chi connectivity index (χ1n) is 8.75. The van der Waals surface area contributed by atoms with Crippen molar-refractivity contribution in [3.05, 3.63) is 0 Å². The van der Waals surface area contributed by atoms with Crippen LogP contribution in [-0.2, 0) is 9.53 Å². The van der Waals surface area contributed by atoms with Crippen molar-refractivity contribution >= 4 is 5.91 Å². The predicted molar refractivity (Wildman–Crippen MR) is 79.5 cm³/mol. The molecule has 3 rings (SSSR count). The van der Waals surface area contributed by atoms with Gasteiger partial charge in [-0.2, -0.15) is 0 Å². The van der Waals surface area contributed by atoms with Crippen molar-refractivity contribution in [2.75, 3.05) is 13.2 Å². The molecule has 2 aliphatic carbocycles. The van der Waals surface area contributed by atoms with Gasteiger partial charge in [-0.15, -0.1) is 0 Å². The number of hydrogen-bond donors (Lipinski definition) is 0. The van der Waals surface area contributed by atoms with Crippen LogP contribution < -0.4 is 0 Å². The van der Waals surface area contributed by atoms with Crippen LogP contribution in [0.5, 0.6) is 0 Å². The van der Waals surface area contributed by atoms with Crippen molar-refractivity contribution in [2.24, 2.45) is 5.92 Å². The summed E-state index contributed by atoms with van der Waals surface area (Å²) in [4.78, 5) is 14.6. The lowest BCUT2D eigenvalue weighted by atomic mass is 9.86. The third-order valence-corrected chi connectivity index (χ3v) is 5.53. The van der Waals surface area contributed by atoms with Crippen LogP contribution in [0.4, 0.5) is 0 Å². The number of fused-ring (bicyclic) bond motifs is 1. The second-order valence-electron chi connectivity index (χ2n) is 6.89. The lowest BCUT2D eigenvalue weighted by Gasteiger charge is -2.37. The van der Waals surface area contributed by atoms with Gasteiger partial charge in [-0.25, -0.2) is 0 Å². The van der Waals surface area contributed by atoms with E-state index in [0.29, 0.717) is 18.1 Å². The smallest absolute Gasteiger partial charge is 0.222 e. The highest BCUT2D eigenvalue weighted by atomic mass is 16.5. The molecule has 20 heavy (non-hydrogen) atoms. The minimum Gasteiger partial charge on any atom is -0.374 e. The topological polar surface area (TPSA) is 29.5 Å². The molecular weight excluding hydrogens is 250 g/mol. The number of nitrogens with zero attached hydrogens (tertiary/aromatic N) is 1. The summed E-state index contributed by atoms with van der Waals surface area (Å²) in [5, 5.41) is 0. The summed E-state index contributed by atoms with van der Waals surface area (Å²) in [6.45, 7) is 1.57. The molecule has 1 amide bonds. The van der Waals surface area contributed by atoms with Gasteiger partial charge in [-0.05, 0) is 38.0 Å². The molecule has 0 radical (unpaired) electrons. The summed E-state index contributed by atoms with van der Waals surface area (Å²) in [6.07, 6.45) is 14.0. The summed E-state index contributed by atoms with van der Waals surface area (Å²) in [5.41, 5.74) is 0. The van der Waals surface area contributed by atoms with Crippen molar-refractivity contribution in [1.82, 2.24) is 4.90 Å². The van der Waals surface area contributed by atoms with Gasteiger partial charge in [0.1, 0.15) is 0 Å². The number of ether oxygens (including phenoxy) is 1. The maximum Gasteiger partial charge on any atom is 0.222 e. The van der Waals surface area contributed by atoms with Crippen LogP contribution >= 0.6 is 0 Å². The summed E-state index contributed by atoms with van der Waals surface area (Å²) < 4.78 is 5.79. The number of morpholine rings is 1. The molecule has 3 fully saturated rings. The highest BCUT2D eigenvalue weighted by Gasteiger charge is 2.37. The largest absolute Gasteiger partial charge is 0.374 e. The van der Waals surface area contributed by atoms with Gasteiger partial charge in [-0.1, -0.05) is 32.1 Å². The van der Waals surface area contributed by atoms with Crippen molar-refractivity contribution < 1.29 is 9.53 Å². The van der Waals surface area contributed by atoms with Crippen LogP contribution in [0, 0.1) is 5.92 Å². The van der Waals surface area contributed by atoms with E-state index in [9.17, 15) is 4.79 Å². The van der Waals surface area contributed by atoms with Crippen LogP contribution in [-0.4, -0.2) is 36.1 Å². The van der Waals surface area contributed by atoms with E-state index in [4.69, 9.17) is 4.74 Å². The molecular formula is C17H29NO2. The van der Waals surface area contributed by atoms with E-state index in [1.54, 1.807) is 0 Å².